The van der Waals surface area contributed by atoms with Gasteiger partial charge in [-0.3, -0.25) is 0 Å². The lowest BCUT2D eigenvalue weighted by Gasteiger charge is -2.34. The molecule has 0 spiro atoms. The summed E-state index contributed by atoms with van der Waals surface area (Å²) in [5.74, 6) is 0. The molecule has 2 rings (SSSR count). The van der Waals surface area contributed by atoms with E-state index in [4.69, 9.17) is 5.73 Å². The SMILES string of the molecule is Cc1cccc(N2CCC2)c1N. The number of benzene rings is 1. The van der Waals surface area contributed by atoms with Crippen molar-refractivity contribution in [3.05, 3.63) is 23.8 Å². The van der Waals surface area contributed by atoms with Crippen molar-refractivity contribution in [1.82, 2.24) is 0 Å². The normalized spacial score (nSPS) is 15.9. The van der Waals surface area contributed by atoms with Gasteiger partial charge in [0, 0.05) is 13.1 Å². The second-order valence-electron chi connectivity index (χ2n) is 3.35. The molecule has 1 aliphatic rings. The lowest BCUT2D eigenvalue weighted by atomic mass is 10.1. The molecule has 1 saturated heterocycles. The second-order valence-corrected chi connectivity index (χ2v) is 3.35. The summed E-state index contributed by atoms with van der Waals surface area (Å²) in [6.45, 7) is 4.37. The predicted molar refractivity (Wildman–Crippen MR) is 52.4 cm³/mol. The molecule has 64 valence electrons. The van der Waals surface area contributed by atoms with E-state index >= 15 is 0 Å². The van der Waals surface area contributed by atoms with E-state index in [2.05, 4.69) is 30.0 Å². The first-order chi connectivity index (χ1) is 5.79. The van der Waals surface area contributed by atoms with Crippen molar-refractivity contribution in [3.63, 3.8) is 0 Å². The largest absolute Gasteiger partial charge is 0.397 e. The van der Waals surface area contributed by atoms with Crippen LogP contribution in [-0.2, 0) is 0 Å². The fraction of sp³-hybridized carbons (Fsp3) is 0.400. The molecule has 0 amide bonds. The van der Waals surface area contributed by atoms with Crippen molar-refractivity contribution in [1.29, 1.82) is 0 Å². The number of anilines is 2. The molecule has 0 atom stereocenters. The molecule has 0 aliphatic carbocycles. The summed E-state index contributed by atoms with van der Waals surface area (Å²) in [6.07, 6.45) is 1.30. The van der Waals surface area contributed by atoms with Gasteiger partial charge >= 0.3 is 0 Å². The molecule has 2 heteroatoms. The number of hydrogen-bond acceptors (Lipinski definition) is 2. The van der Waals surface area contributed by atoms with Crippen LogP contribution >= 0.6 is 0 Å². The van der Waals surface area contributed by atoms with E-state index < -0.39 is 0 Å². The third kappa shape index (κ3) is 1.04. The van der Waals surface area contributed by atoms with Crippen LogP contribution < -0.4 is 10.6 Å². The van der Waals surface area contributed by atoms with Gasteiger partial charge in [-0.05, 0) is 25.0 Å². The van der Waals surface area contributed by atoms with Crippen LogP contribution in [0.1, 0.15) is 12.0 Å². The molecule has 0 aromatic heterocycles. The molecule has 1 heterocycles. The van der Waals surface area contributed by atoms with Gasteiger partial charge in [0.1, 0.15) is 0 Å². The topological polar surface area (TPSA) is 29.3 Å². The monoisotopic (exact) mass is 162 g/mol. The Morgan fingerprint density at radius 1 is 1.33 bits per heavy atom. The first kappa shape index (κ1) is 7.47. The lowest BCUT2D eigenvalue weighted by Crippen LogP contribution is -2.37. The minimum absolute atomic E-state index is 0.942. The number of hydrogen-bond donors (Lipinski definition) is 1. The standard InChI is InChI=1S/C10H14N2/c1-8-4-2-5-9(10(8)11)12-6-3-7-12/h2,4-5H,3,6-7,11H2,1H3. The van der Waals surface area contributed by atoms with Crippen LogP contribution in [0.25, 0.3) is 0 Å². The number of nitrogen functional groups attached to an aromatic ring is 1. The summed E-state index contributed by atoms with van der Waals surface area (Å²) in [7, 11) is 0. The Bertz CT molecular complexity index is 290. The average Bonchev–Trinajstić information content (AvgIpc) is 1.95. The summed E-state index contributed by atoms with van der Waals surface area (Å²) < 4.78 is 0. The Balaban J connectivity index is 2.36. The van der Waals surface area contributed by atoms with E-state index in [-0.39, 0.29) is 0 Å². The fourth-order valence-electron chi connectivity index (χ4n) is 1.50. The summed E-state index contributed by atoms with van der Waals surface area (Å²) in [4.78, 5) is 2.32. The van der Waals surface area contributed by atoms with Gasteiger partial charge < -0.3 is 10.6 Å². The smallest absolute Gasteiger partial charge is 0.0602 e. The Labute approximate surface area is 73.0 Å². The Kier molecular flexibility index (Phi) is 1.68. The van der Waals surface area contributed by atoms with E-state index in [1.807, 2.05) is 0 Å². The zero-order valence-electron chi connectivity index (χ0n) is 7.38. The molecule has 12 heavy (non-hydrogen) atoms. The molecule has 0 unspecified atom stereocenters. The molecule has 1 aromatic rings. The molecule has 1 aromatic carbocycles. The molecular formula is C10H14N2. The Hall–Kier alpha value is -1.18. The third-order valence-corrected chi connectivity index (χ3v) is 2.50. The van der Waals surface area contributed by atoms with Crippen molar-refractivity contribution >= 4 is 11.4 Å². The minimum atomic E-state index is 0.942. The molecule has 0 radical (unpaired) electrons. The third-order valence-electron chi connectivity index (χ3n) is 2.50. The number of nitrogens with zero attached hydrogens (tertiary/aromatic N) is 1. The fourth-order valence-corrected chi connectivity index (χ4v) is 1.50. The van der Waals surface area contributed by atoms with Gasteiger partial charge in [-0.15, -0.1) is 0 Å². The number of aryl methyl sites for hydroxylation is 1. The maximum absolute atomic E-state index is 5.95. The van der Waals surface area contributed by atoms with E-state index in [0.717, 1.165) is 18.8 Å². The van der Waals surface area contributed by atoms with Gasteiger partial charge in [0.05, 0.1) is 11.4 Å². The highest BCUT2D eigenvalue weighted by Crippen LogP contribution is 2.29. The van der Waals surface area contributed by atoms with Crippen LogP contribution in [0, 0.1) is 6.92 Å². The number of rotatable bonds is 1. The molecular weight excluding hydrogens is 148 g/mol. The van der Waals surface area contributed by atoms with Crippen molar-refractivity contribution in [2.45, 2.75) is 13.3 Å². The highest BCUT2D eigenvalue weighted by Gasteiger charge is 2.16. The number of nitrogens with two attached hydrogens (primary N) is 1. The van der Waals surface area contributed by atoms with Crippen molar-refractivity contribution in [2.24, 2.45) is 0 Å². The average molecular weight is 162 g/mol. The molecule has 2 nitrogen and oxygen atoms in total. The van der Waals surface area contributed by atoms with Crippen LogP contribution in [0.4, 0.5) is 11.4 Å². The quantitative estimate of drug-likeness (QED) is 0.638. The highest BCUT2D eigenvalue weighted by atomic mass is 15.2. The molecule has 1 fully saturated rings. The van der Waals surface area contributed by atoms with Gasteiger partial charge in [-0.1, -0.05) is 12.1 Å². The predicted octanol–water partition coefficient (Wildman–Crippen LogP) is 1.79. The maximum Gasteiger partial charge on any atom is 0.0602 e. The Morgan fingerprint density at radius 2 is 2.08 bits per heavy atom. The van der Waals surface area contributed by atoms with Gasteiger partial charge in [-0.25, -0.2) is 0 Å². The van der Waals surface area contributed by atoms with Crippen LogP contribution in [0.2, 0.25) is 0 Å². The molecule has 1 aliphatic heterocycles. The van der Waals surface area contributed by atoms with Gasteiger partial charge in [0.25, 0.3) is 0 Å². The van der Waals surface area contributed by atoms with Crippen LogP contribution in [0.15, 0.2) is 18.2 Å². The van der Waals surface area contributed by atoms with Crippen molar-refractivity contribution in [3.8, 4) is 0 Å². The van der Waals surface area contributed by atoms with E-state index in [1.165, 1.54) is 17.7 Å². The summed E-state index contributed by atoms with van der Waals surface area (Å²) in [6, 6.07) is 6.22. The first-order valence-electron chi connectivity index (χ1n) is 4.39. The van der Waals surface area contributed by atoms with Gasteiger partial charge in [-0.2, -0.15) is 0 Å². The van der Waals surface area contributed by atoms with Gasteiger partial charge in [0.15, 0.2) is 0 Å². The van der Waals surface area contributed by atoms with Crippen molar-refractivity contribution < 1.29 is 0 Å². The van der Waals surface area contributed by atoms with E-state index in [1.54, 1.807) is 0 Å². The minimum Gasteiger partial charge on any atom is -0.397 e. The lowest BCUT2D eigenvalue weighted by molar-refractivity contribution is 0.618. The van der Waals surface area contributed by atoms with Crippen LogP contribution in [0.3, 0.4) is 0 Å². The zero-order valence-corrected chi connectivity index (χ0v) is 7.38. The summed E-state index contributed by atoms with van der Waals surface area (Å²) in [5.41, 5.74) is 9.28. The molecule has 2 N–H and O–H groups in total. The highest BCUT2D eigenvalue weighted by molar-refractivity contribution is 5.71. The Morgan fingerprint density at radius 3 is 2.67 bits per heavy atom. The van der Waals surface area contributed by atoms with Crippen LogP contribution in [-0.4, -0.2) is 13.1 Å². The first-order valence-corrected chi connectivity index (χ1v) is 4.39. The van der Waals surface area contributed by atoms with Crippen LogP contribution in [0.5, 0.6) is 0 Å². The second kappa shape index (κ2) is 2.70. The maximum atomic E-state index is 5.95. The number of para-hydroxylation sites is 1. The van der Waals surface area contributed by atoms with Gasteiger partial charge in [0.2, 0.25) is 0 Å². The van der Waals surface area contributed by atoms with E-state index in [0.29, 0.717) is 0 Å². The zero-order chi connectivity index (χ0) is 8.55. The molecule has 0 saturated carbocycles. The summed E-state index contributed by atoms with van der Waals surface area (Å²) >= 11 is 0. The van der Waals surface area contributed by atoms with Crippen molar-refractivity contribution in [2.75, 3.05) is 23.7 Å². The molecule has 0 bridgehead atoms. The summed E-state index contributed by atoms with van der Waals surface area (Å²) in [5, 5.41) is 0. The van der Waals surface area contributed by atoms with E-state index in [9.17, 15) is 0 Å².